The lowest BCUT2D eigenvalue weighted by Crippen LogP contribution is -2.42. The summed E-state index contributed by atoms with van der Waals surface area (Å²) < 4.78 is 34.9. The molecule has 1 unspecified atom stereocenters. The third kappa shape index (κ3) is 4.75. The molecule has 3 aliphatic rings. The minimum absolute atomic E-state index is 0.0143. The Labute approximate surface area is 216 Å². The van der Waals surface area contributed by atoms with Gasteiger partial charge in [-0.15, -0.1) is 0 Å². The molecule has 2 aromatic rings. The van der Waals surface area contributed by atoms with E-state index in [0.29, 0.717) is 12.2 Å². The number of methoxy groups -OCH3 is 1. The van der Waals surface area contributed by atoms with Gasteiger partial charge in [0.25, 0.3) is 0 Å². The quantitative estimate of drug-likeness (QED) is 0.528. The Morgan fingerprint density at radius 3 is 2.57 bits per heavy atom. The molecule has 0 spiro atoms. The molecule has 2 fully saturated rings. The number of hydrogen-bond acceptors (Lipinski definition) is 5. The Balaban J connectivity index is 1.62. The van der Waals surface area contributed by atoms with Gasteiger partial charge >= 0.3 is 6.09 Å². The molecule has 1 aliphatic heterocycles. The molecule has 2 aliphatic carbocycles. The van der Waals surface area contributed by atoms with E-state index in [1.165, 1.54) is 7.11 Å². The number of aromatic nitrogens is 2. The van der Waals surface area contributed by atoms with Crippen molar-refractivity contribution in [2.24, 2.45) is 11.8 Å². The van der Waals surface area contributed by atoms with Crippen LogP contribution in [0.25, 0.3) is 11.0 Å². The molecule has 37 heavy (non-hydrogen) atoms. The van der Waals surface area contributed by atoms with E-state index >= 15 is 0 Å². The number of halogens is 2. The van der Waals surface area contributed by atoms with Gasteiger partial charge < -0.3 is 14.4 Å². The summed E-state index contributed by atoms with van der Waals surface area (Å²) in [5.74, 6) is -2.35. The standard InChI is InChI=1S/C28H37F2N3O4/c1-16-7-8-21-22(32(16)27(36)37-3)9-10-23-24(21)31-26(25(35)18-11-13-28(29,30)14-12-18)33(23)20-6-4-5-19(15-20)17(2)34/h9-10,16,18-20,25,35H,4-8,11-15H2,1-3H3/t16?,19-,20-,25+/m1/s1. The van der Waals surface area contributed by atoms with E-state index in [0.717, 1.165) is 54.4 Å². The first-order valence-corrected chi connectivity index (χ1v) is 13.6. The van der Waals surface area contributed by atoms with Gasteiger partial charge in [0.05, 0.1) is 23.8 Å². The van der Waals surface area contributed by atoms with Crippen LogP contribution in [0, 0.1) is 11.8 Å². The van der Waals surface area contributed by atoms with Gasteiger partial charge in [-0.05, 0) is 76.8 Å². The van der Waals surface area contributed by atoms with E-state index in [4.69, 9.17) is 9.72 Å². The first kappa shape index (κ1) is 26.1. The summed E-state index contributed by atoms with van der Waals surface area (Å²) >= 11 is 0. The largest absolute Gasteiger partial charge is 0.452 e. The summed E-state index contributed by atoms with van der Waals surface area (Å²) in [6, 6.07) is 3.82. The van der Waals surface area contributed by atoms with Gasteiger partial charge in [0.2, 0.25) is 5.92 Å². The zero-order chi connectivity index (χ0) is 26.5. The molecular weight excluding hydrogens is 480 g/mol. The van der Waals surface area contributed by atoms with Crippen molar-refractivity contribution in [2.45, 2.75) is 102 Å². The third-order valence-electron chi connectivity index (χ3n) is 8.91. The first-order valence-electron chi connectivity index (χ1n) is 13.6. The number of ketones is 1. The number of rotatable bonds is 4. The second-order valence-corrected chi connectivity index (χ2v) is 11.3. The Morgan fingerprint density at radius 2 is 1.89 bits per heavy atom. The highest BCUT2D eigenvalue weighted by Gasteiger charge is 2.40. The fraction of sp³-hybridized carbons (Fsp3) is 0.679. The van der Waals surface area contributed by atoms with Crippen LogP contribution in [0.2, 0.25) is 0 Å². The van der Waals surface area contributed by atoms with Crippen molar-refractivity contribution in [2.75, 3.05) is 12.0 Å². The zero-order valence-electron chi connectivity index (χ0n) is 21.9. The topological polar surface area (TPSA) is 84.7 Å². The normalized spacial score (nSPS) is 27.1. The zero-order valence-corrected chi connectivity index (χ0v) is 21.9. The number of hydrogen-bond donors (Lipinski definition) is 1. The van der Waals surface area contributed by atoms with Crippen molar-refractivity contribution in [3.63, 3.8) is 0 Å². The molecule has 1 N–H and O–H groups in total. The lowest BCUT2D eigenvalue weighted by atomic mass is 9.81. The first-order chi connectivity index (χ1) is 17.6. The minimum atomic E-state index is -2.68. The van der Waals surface area contributed by atoms with Crippen LogP contribution in [-0.2, 0) is 16.0 Å². The lowest BCUT2D eigenvalue weighted by Gasteiger charge is -2.35. The van der Waals surface area contributed by atoms with Crippen LogP contribution in [0.3, 0.4) is 0 Å². The number of amides is 1. The number of carbonyl (C=O) groups excluding carboxylic acids is 2. The van der Waals surface area contributed by atoms with E-state index in [2.05, 4.69) is 4.57 Å². The van der Waals surface area contributed by atoms with Crippen LogP contribution in [0.5, 0.6) is 0 Å². The molecule has 5 rings (SSSR count). The molecule has 1 aromatic carbocycles. The van der Waals surface area contributed by atoms with E-state index < -0.39 is 18.1 Å². The van der Waals surface area contributed by atoms with Gasteiger partial charge in [-0.2, -0.15) is 0 Å². The summed E-state index contributed by atoms with van der Waals surface area (Å²) in [6.07, 6.45) is 3.39. The number of nitrogens with zero attached hydrogens (tertiary/aromatic N) is 3. The predicted molar refractivity (Wildman–Crippen MR) is 136 cm³/mol. The maximum Gasteiger partial charge on any atom is 0.414 e. The average molecular weight is 518 g/mol. The predicted octanol–water partition coefficient (Wildman–Crippen LogP) is 6.12. The number of imidazole rings is 1. The Hall–Kier alpha value is -2.55. The van der Waals surface area contributed by atoms with E-state index in [9.17, 15) is 23.5 Å². The number of alkyl halides is 2. The van der Waals surface area contributed by atoms with E-state index in [-0.39, 0.29) is 55.4 Å². The molecule has 1 amide bonds. The monoisotopic (exact) mass is 517 g/mol. The third-order valence-corrected chi connectivity index (χ3v) is 8.91. The highest BCUT2D eigenvalue weighted by Crippen LogP contribution is 2.45. The number of aliphatic hydroxyl groups excluding tert-OH is 1. The summed E-state index contributed by atoms with van der Waals surface area (Å²) in [6.45, 7) is 3.62. The minimum Gasteiger partial charge on any atom is -0.452 e. The smallest absolute Gasteiger partial charge is 0.414 e. The molecule has 4 atom stereocenters. The van der Waals surface area contributed by atoms with Gasteiger partial charge in [0.1, 0.15) is 17.7 Å². The second-order valence-electron chi connectivity index (χ2n) is 11.3. The van der Waals surface area contributed by atoms with Crippen molar-refractivity contribution in [1.29, 1.82) is 0 Å². The highest BCUT2D eigenvalue weighted by molar-refractivity contribution is 5.95. The number of aliphatic hydroxyl groups is 1. The summed E-state index contributed by atoms with van der Waals surface area (Å²) in [5, 5.41) is 11.5. The summed E-state index contributed by atoms with van der Waals surface area (Å²) in [5.41, 5.74) is 3.29. The molecule has 2 saturated carbocycles. The van der Waals surface area contributed by atoms with Gasteiger partial charge in [0.15, 0.2) is 0 Å². The van der Waals surface area contributed by atoms with Gasteiger partial charge in [-0.25, -0.2) is 18.6 Å². The molecule has 1 aromatic heterocycles. The molecule has 202 valence electrons. The highest BCUT2D eigenvalue weighted by atomic mass is 19.3. The van der Waals surface area contributed by atoms with E-state index in [1.54, 1.807) is 11.8 Å². The molecule has 2 heterocycles. The van der Waals surface area contributed by atoms with Crippen molar-refractivity contribution in [3.05, 3.63) is 23.5 Å². The molecule has 0 bridgehead atoms. The van der Waals surface area contributed by atoms with Crippen LogP contribution in [0.1, 0.15) is 95.2 Å². The SMILES string of the molecule is COC(=O)N1c2ccc3c(nc([C@@H](O)C4CCC(F)(F)CC4)n3[C@@H]3CCC[C@@H](C(C)=O)C3)c2CCC1C. The van der Waals surface area contributed by atoms with Crippen molar-refractivity contribution in [1.82, 2.24) is 9.55 Å². The van der Waals surface area contributed by atoms with Crippen molar-refractivity contribution >= 4 is 28.6 Å². The van der Waals surface area contributed by atoms with E-state index in [1.807, 2.05) is 19.1 Å². The number of benzene rings is 1. The van der Waals surface area contributed by atoms with Crippen molar-refractivity contribution in [3.8, 4) is 0 Å². The molecule has 0 radical (unpaired) electrons. The van der Waals surface area contributed by atoms with Crippen LogP contribution in [-0.4, -0.2) is 45.6 Å². The maximum atomic E-state index is 13.9. The molecular formula is C28H37F2N3O4. The van der Waals surface area contributed by atoms with Crippen LogP contribution < -0.4 is 4.90 Å². The van der Waals surface area contributed by atoms with Gasteiger partial charge in [0, 0.05) is 36.4 Å². The summed E-state index contributed by atoms with van der Waals surface area (Å²) in [4.78, 5) is 31.5. The van der Waals surface area contributed by atoms with Crippen LogP contribution in [0.4, 0.5) is 19.3 Å². The number of ether oxygens (including phenoxy) is 1. The van der Waals surface area contributed by atoms with Crippen molar-refractivity contribution < 1.29 is 28.2 Å². The second kappa shape index (κ2) is 9.97. The molecule has 7 nitrogen and oxygen atoms in total. The van der Waals surface area contributed by atoms with Gasteiger partial charge in [-0.1, -0.05) is 6.42 Å². The number of anilines is 1. The van der Waals surface area contributed by atoms with Crippen LogP contribution in [0.15, 0.2) is 12.1 Å². The lowest BCUT2D eigenvalue weighted by molar-refractivity contribution is -0.122. The fourth-order valence-corrected chi connectivity index (χ4v) is 6.74. The number of aryl methyl sites for hydroxylation is 1. The van der Waals surface area contributed by atoms with Gasteiger partial charge in [-0.3, -0.25) is 9.69 Å². The number of Topliss-reactive ketones (excluding diaryl/α,β-unsaturated/α-hetero) is 1. The average Bonchev–Trinajstić information content (AvgIpc) is 3.27. The number of carbonyl (C=O) groups is 2. The fourth-order valence-electron chi connectivity index (χ4n) is 6.74. The Morgan fingerprint density at radius 1 is 1.16 bits per heavy atom. The molecule has 9 heteroatoms. The summed E-state index contributed by atoms with van der Waals surface area (Å²) in [7, 11) is 1.37. The Bertz CT molecular complexity index is 1190. The molecule has 0 saturated heterocycles. The maximum absolute atomic E-state index is 13.9. The van der Waals surface area contributed by atoms with Crippen LogP contribution >= 0.6 is 0 Å². The Kier molecular flexibility index (Phi) is 7.02. The number of fused-ring (bicyclic) bond motifs is 3.